The number of hydrogen-bond acceptors (Lipinski definition) is 3. The minimum atomic E-state index is 0.166. The lowest BCUT2D eigenvalue weighted by molar-refractivity contribution is 0.411. The first-order valence-corrected chi connectivity index (χ1v) is 8.95. The van der Waals surface area contributed by atoms with Crippen molar-refractivity contribution < 1.29 is 4.74 Å². The summed E-state index contributed by atoms with van der Waals surface area (Å²) in [5.41, 5.74) is 6.85. The zero-order chi connectivity index (χ0) is 18.9. The van der Waals surface area contributed by atoms with Gasteiger partial charge in [0.15, 0.2) is 0 Å². The van der Waals surface area contributed by atoms with E-state index in [1.807, 2.05) is 16.8 Å². The number of benzene rings is 2. The number of aromatic nitrogens is 3. The van der Waals surface area contributed by atoms with Gasteiger partial charge in [-0.3, -0.25) is 0 Å². The summed E-state index contributed by atoms with van der Waals surface area (Å²) in [5.74, 6) is 0.796. The summed E-state index contributed by atoms with van der Waals surface area (Å²) in [5, 5.41) is 8.80. The maximum Gasteiger partial charge on any atom is 0.144 e. The smallest absolute Gasteiger partial charge is 0.144 e. The van der Waals surface area contributed by atoms with Gasteiger partial charge in [0.25, 0.3) is 0 Å². The Morgan fingerprint density at radius 3 is 2.31 bits per heavy atom. The lowest BCUT2D eigenvalue weighted by Gasteiger charge is -2.19. The molecule has 0 aliphatic heterocycles. The van der Waals surface area contributed by atoms with Crippen LogP contribution in [0.15, 0.2) is 42.5 Å². The molecule has 0 radical (unpaired) electrons. The molecule has 1 aromatic heterocycles. The third-order valence-corrected chi connectivity index (χ3v) is 4.74. The topological polar surface area (TPSA) is 39.9 Å². The van der Waals surface area contributed by atoms with Crippen molar-refractivity contribution in [1.82, 2.24) is 15.0 Å². The molecule has 4 nitrogen and oxygen atoms in total. The highest BCUT2D eigenvalue weighted by molar-refractivity contribution is 5.49. The first-order valence-electron chi connectivity index (χ1n) is 8.95. The standard InChI is InChI=1S/C22H27N3O/c1-15-7-12-21(26-6)20(13-15)25-16(2)19(23-24-25)14-17-8-10-18(11-9-17)22(3,4)5/h7-13H,14H2,1-6H3. The Hall–Kier alpha value is -2.62. The van der Waals surface area contributed by atoms with Crippen molar-refractivity contribution in [3.05, 3.63) is 70.5 Å². The summed E-state index contributed by atoms with van der Waals surface area (Å²) in [6.07, 6.45) is 0.768. The summed E-state index contributed by atoms with van der Waals surface area (Å²) < 4.78 is 7.36. The molecular formula is C22H27N3O. The molecule has 3 aromatic rings. The minimum Gasteiger partial charge on any atom is -0.494 e. The molecule has 136 valence electrons. The van der Waals surface area contributed by atoms with Gasteiger partial charge in [0.05, 0.1) is 18.5 Å². The van der Waals surface area contributed by atoms with Crippen molar-refractivity contribution in [2.24, 2.45) is 0 Å². The van der Waals surface area contributed by atoms with E-state index in [2.05, 4.69) is 75.3 Å². The highest BCUT2D eigenvalue weighted by atomic mass is 16.5. The van der Waals surface area contributed by atoms with Crippen molar-refractivity contribution in [3.8, 4) is 11.4 Å². The van der Waals surface area contributed by atoms with Crippen LogP contribution in [0.25, 0.3) is 5.69 Å². The molecule has 2 aromatic carbocycles. The molecule has 0 saturated carbocycles. The van der Waals surface area contributed by atoms with Gasteiger partial charge in [0.1, 0.15) is 11.4 Å². The molecule has 0 N–H and O–H groups in total. The van der Waals surface area contributed by atoms with Crippen molar-refractivity contribution in [2.45, 2.75) is 46.5 Å². The molecule has 0 bridgehead atoms. The number of aryl methyl sites for hydroxylation is 1. The molecule has 0 aliphatic carbocycles. The van der Waals surface area contributed by atoms with Gasteiger partial charge >= 0.3 is 0 Å². The van der Waals surface area contributed by atoms with E-state index in [1.54, 1.807) is 7.11 Å². The van der Waals surface area contributed by atoms with Crippen LogP contribution in [0.2, 0.25) is 0 Å². The van der Waals surface area contributed by atoms with E-state index in [-0.39, 0.29) is 5.41 Å². The number of ether oxygens (including phenoxy) is 1. The van der Waals surface area contributed by atoms with E-state index in [1.165, 1.54) is 11.1 Å². The van der Waals surface area contributed by atoms with E-state index in [0.717, 1.165) is 34.8 Å². The number of methoxy groups -OCH3 is 1. The van der Waals surface area contributed by atoms with Crippen LogP contribution in [0.1, 0.15) is 48.8 Å². The Bertz CT molecular complexity index is 902. The van der Waals surface area contributed by atoms with Crippen molar-refractivity contribution >= 4 is 0 Å². The normalized spacial score (nSPS) is 11.6. The van der Waals surface area contributed by atoms with Crippen LogP contribution in [-0.4, -0.2) is 22.1 Å². The summed E-state index contributed by atoms with van der Waals surface area (Å²) in [4.78, 5) is 0. The second-order valence-corrected chi connectivity index (χ2v) is 7.83. The highest BCUT2D eigenvalue weighted by Gasteiger charge is 2.16. The maximum atomic E-state index is 5.49. The monoisotopic (exact) mass is 349 g/mol. The molecular weight excluding hydrogens is 322 g/mol. The molecule has 3 rings (SSSR count). The van der Waals surface area contributed by atoms with Gasteiger partial charge < -0.3 is 4.74 Å². The molecule has 0 unspecified atom stereocenters. The average Bonchev–Trinajstić information content (AvgIpc) is 2.95. The van der Waals surface area contributed by atoms with Crippen LogP contribution in [0.4, 0.5) is 0 Å². The van der Waals surface area contributed by atoms with Crippen molar-refractivity contribution in [2.75, 3.05) is 7.11 Å². The van der Waals surface area contributed by atoms with Crippen LogP contribution in [-0.2, 0) is 11.8 Å². The fourth-order valence-electron chi connectivity index (χ4n) is 3.03. The third kappa shape index (κ3) is 3.64. The van der Waals surface area contributed by atoms with E-state index >= 15 is 0 Å². The van der Waals surface area contributed by atoms with Gasteiger partial charge in [0.2, 0.25) is 0 Å². The summed E-state index contributed by atoms with van der Waals surface area (Å²) in [7, 11) is 1.68. The van der Waals surface area contributed by atoms with Gasteiger partial charge in [0, 0.05) is 6.42 Å². The number of rotatable bonds is 4. The molecule has 4 heteroatoms. The lowest BCUT2D eigenvalue weighted by atomic mass is 9.86. The molecule has 0 saturated heterocycles. The summed E-state index contributed by atoms with van der Waals surface area (Å²) in [6.45, 7) is 10.8. The van der Waals surface area contributed by atoms with E-state index < -0.39 is 0 Å². The minimum absolute atomic E-state index is 0.166. The maximum absolute atomic E-state index is 5.49. The highest BCUT2D eigenvalue weighted by Crippen LogP contribution is 2.26. The first kappa shape index (κ1) is 18.2. The Labute approximate surface area is 155 Å². The zero-order valence-electron chi connectivity index (χ0n) is 16.5. The predicted octanol–water partition coefficient (Wildman–Crippen LogP) is 4.78. The van der Waals surface area contributed by atoms with Crippen LogP contribution >= 0.6 is 0 Å². The quantitative estimate of drug-likeness (QED) is 0.680. The fraction of sp³-hybridized carbons (Fsp3) is 0.364. The second kappa shape index (κ2) is 6.94. The first-order chi connectivity index (χ1) is 12.3. The fourth-order valence-corrected chi connectivity index (χ4v) is 3.03. The van der Waals surface area contributed by atoms with Crippen LogP contribution < -0.4 is 4.74 Å². The van der Waals surface area contributed by atoms with Gasteiger partial charge in [-0.2, -0.15) is 0 Å². The van der Waals surface area contributed by atoms with Crippen LogP contribution in [0.5, 0.6) is 5.75 Å². The van der Waals surface area contributed by atoms with Crippen molar-refractivity contribution in [3.63, 3.8) is 0 Å². The second-order valence-electron chi connectivity index (χ2n) is 7.83. The summed E-state index contributed by atoms with van der Waals surface area (Å²) >= 11 is 0. The molecule has 0 atom stereocenters. The molecule has 0 fully saturated rings. The number of nitrogens with zero attached hydrogens (tertiary/aromatic N) is 3. The lowest BCUT2D eigenvalue weighted by Crippen LogP contribution is -2.10. The largest absolute Gasteiger partial charge is 0.494 e. The Balaban J connectivity index is 1.89. The molecule has 0 amide bonds. The van der Waals surface area contributed by atoms with Crippen molar-refractivity contribution in [1.29, 1.82) is 0 Å². The summed E-state index contributed by atoms with van der Waals surface area (Å²) in [6, 6.07) is 14.9. The molecule has 0 spiro atoms. The third-order valence-electron chi connectivity index (χ3n) is 4.74. The van der Waals surface area contributed by atoms with E-state index in [9.17, 15) is 0 Å². The Morgan fingerprint density at radius 1 is 1.00 bits per heavy atom. The average molecular weight is 349 g/mol. The van der Waals surface area contributed by atoms with Gasteiger partial charge in [-0.05, 0) is 48.1 Å². The molecule has 0 aliphatic rings. The van der Waals surface area contributed by atoms with E-state index in [4.69, 9.17) is 4.74 Å². The van der Waals surface area contributed by atoms with Crippen LogP contribution in [0, 0.1) is 13.8 Å². The van der Waals surface area contributed by atoms with Gasteiger partial charge in [-0.25, -0.2) is 4.68 Å². The van der Waals surface area contributed by atoms with E-state index in [0.29, 0.717) is 0 Å². The van der Waals surface area contributed by atoms with Crippen LogP contribution in [0.3, 0.4) is 0 Å². The predicted molar refractivity (Wildman–Crippen MR) is 105 cm³/mol. The molecule has 26 heavy (non-hydrogen) atoms. The zero-order valence-corrected chi connectivity index (χ0v) is 16.5. The molecule has 1 heterocycles. The van der Waals surface area contributed by atoms with Gasteiger partial charge in [-0.1, -0.05) is 56.3 Å². The Kier molecular flexibility index (Phi) is 4.86. The Morgan fingerprint density at radius 2 is 1.69 bits per heavy atom. The van der Waals surface area contributed by atoms with Gasteiger partial charge in [-0.15, -0.1) is 5.10 Å². The number of hydrogen-bond donors (Lipinski definition) is 0. The SMILES string of the molecule is COc1ccc(C)cc1-n1nnc(Cc2ccc(C(C)(C)C)cc2)c1C.